The van der Waals surface area contributed by atoms with E-state index in [0.29, 0.717) is 5.92 Å². The van der Waals surface area contributed by atoms with Gasteiger partial charge < -0.3 is 0 Å². The van der Waals surface area contributed by atoms with Gasteiger partial charge in [0.05, 0.1) is 6.07 Å². The van der Waals surface area contributed by atoms with Crippen LogP contribution in [0, 0.1) is 17.2 Å². The molecule has 48 valence electrons. The number of hydrogen-bond acceptors (Lipinski definition) is 2. The summed E-state index contributed by atoms with van der Waals surface area (Å²) in [7, 11) is 0. The van der Waals surface area contributed by atoms with Crippen molar-refractivity contribution in [2.24, 2.45) is 5.92 Å². The lowest BCUT2D eigenvalue weighted by Gasteiger charge is -2.38. The molecule has 1 aliphatic heterocycles. The summed E-state index contributed by atoms with van der Waals surface area (Å²) >= 11 is 0. The van der Waals surface area contributed by atoms with E-state index in [4.69, 9.17) is 5.26 Å². The van der Waals surface area contributed by atoms with Crippen LogP contribution in [0.2, 0.25) is 0 Å². The lowest BCUT2D eigenvalue weighted by atomic mass is 9.69. The molecule has 0 amide bonds. The van der Waals surface area contributed by atoms with E-state index in [1.54, 1.807) is 0 Å². The average molecular weight is 122 g/mol. The first-order valence-corrected chi connectivity index (χ1v) is 3.54. The Bertz CT molecular complexity index is 170. The molecule has 1 saturated heterocycles. The minimum absolute atomic E-state index is 0.0694. The second-order valence-electron chi connectivity index (χ2n) is 3.03. The summed E-state index contributed by atoms with van der Waals surface area (Å²) in [5.74, 6) is 0.683. The SMILES string of the molecule is N#CC12CCC1CCN2. The van der Waals surface area contributed by atoms with Crippen LogP contribution in [-0.4, -0.2) is 12.1 Å². The summed E-state index contributed by atoms with van der Waals surface area (Å²) in [4.78, 5) is 0. The minimum Gasteiger partial charge on any atom is -0.299 e. The molecule has 2 nitrogen and oxygen atoms in total. The first kappa shape index (κ1) is 5.25. The van der Waals surface area contributed by atoms with Crippen LogP contribution in [0.25, 0.3) is 0 Å². The summed E-state index contributed by atoms with van der Waals surface area (Å²) in [5.41, 5.74) is -0.0694. The Morgan fingerprint density at radius 1 is 1.56 bits per heavy atom. The minimum atomic E-state index is -0.0694. The van der Waals surface area contributed by atoms with Crippen LogP contribution in [-0.2, 0) is 0 Å². The van der Waals surface area contributed by atoms with Gasteiger partial charge in [-0.25, -0.2) is 0 Å². The zero-order valence-corrected chi connectivity index (χ0v) is 5.35. The zero-order chi connectivity index (χ0) is 6.32. The lowest BCUT2D eigenvalue weighted by Crippen LogP contribution is -2.50. The largest absolute Gasteiger partial charge is 0.299 e. The van der Waals surface area contributed by atoms with E-state index in [1.807, 2.05) is 0 Å². The van der Waals surface area contributed by atoms with Gasteiger partial charge in [0.25, 0.3) is 0 Å². The van der Waals surface area contributed by atoms with E-state index in [-0.39, 0.29) is 5.54 Å². The Balaban J connectivity index is 2.22. The van der Waals surface area contributed by atoms with Crippen LogP contribution >= 0.6 is 0 Å². The Morgan fingerprint density at radius 2 is 2.44 bits per heavy atom. The molecule has 1 heterocycles. The lowest BCUT2D eigenvalue weighted by molar-refractivity contribution is 0.200. The first-order chi connectivity index (χ1) is 4.37. The van der Waals surface area contributed by atoms with Crippen molar-refractivity contribution in [2.45, 2.75) is 24.8 Å². The Hall–Kier alpha value is -0.550. The van der Waals surface area contributed by atoms with Gasteiger partial charge in [-0.2, -0.15) is 5.26 Å². The van der Waals surface area contributed by atoms with E-state index in [1.165, 1.54) is 12.8 Å². The van der Waals surface area contributed by atoms with Crippen LogP contribution < -0.4 is 5.32 Å². The third-order valence-electron chi connectivity index (χ3n) is 2.72. The molecule has 2 heteroatoms. The fourth-order valence-corrected chi connectivity index (χ4v) is 1.92. The molecule has 2 unspecified atom stereocenters. The highest BCUT2D eigenvalue weighted by molar-refractivity contribution is 5.20. The molecule has 0 aromatic carbocycles. The maximum absolute atomic E-state index is 8.73. The summed E-state index contributed by atoms with van der Waals surface area (Å²) in [6.45, 7) is 1.05. The second kappa shape index (κ2) is 1.48. The van der Waals surface area contributed by atoms with Gasteiger partial charge in [-0.15, -0.1) is 0 Å². The van der Waals surface area contributed by atoms with Crippen LogP contribution in [0.15, 0.2) is 0 Å². The Morgan fingerprint density at radius 3 is 2.78 bits per heavy atom. The van der Waals surface area contributed by atoms with Crippen molar-refractivity contribution < 1.29 is 0 Å². The number of nitrogens with zero attached hydrogens (tertiary/aromatic N) is 1. The van der Waals surface area contributed by atoms with Crippen molar-refractivity contribution >= 4 is 0 Å². The number of hydrogen-bond donors (Lipinski definition) is 1. The summed E-state index contributed by atoms with van der Waals surface area (Å²) < 4.78 is 0. The summed E-state index contributed by atoms with van der Waals surface area (Å²) in [6, 6.07) is 2.37. The number of fused-ring (bicyclic) bond motifs is 1. The maximum Gasteiger partial charge on any atom is 0.109 e. The predicted octanol–water partition coefficient (Wildman–Crippen LogP) is 0.652. The fourth-order valence-electron chi connectivity index (χ4n) is 1.92. The van der Waals surface area contributed by atoms with Gasteiger partial charge in [0, 0.05) is 0 Å². The van der Waals surface area contributed by atoms with Crippen LogP contribution in [0.1, 0.15) is 19.3 Å². The van der Waals surface area contributed by atoms with Crippen molar-refractivity contribution in [3.8, 4) is 6.07 Å². The Labute approximate surface area is 54.9 Å². The standard InChI is InChI=1S/C7H10N2/c8-5-7-3-1-6(7)2-4-9-7/h6,9H,1-4H2. The number of rotatable bonds is 0. The maximum atomic E-state index is 8.73. The van der Waals surface area contributed by atoms with Gasteiger partial charge in [-0.05, 0) is 31.7 Å². The second-order valence-corrected chi connectivity index (χ2v) is 3.03. The Kier molecular flexibility index (Phi) is 0.866. The molecule has 2 aliphatic rings. The van der Waals surface area contributed by atoms with Gasteiger partial charge in [0.15, 0.2) is 0 Å². The van der Waals surface area contributed by atoms with Crippen molar-refractivity contribution in [2.75, 3.05) is 6.54 Å². The highest BCUT2D eigenvalue weighted by Crippen LogP contribution is 2.43. The van der Waals surface area contributed by atoms with Gasteiger partial charge in [0.2, 0.25) is 0 Å². The number of nitriles is 1. The zero-order valence-electron chi connectivity index (χ0n) is 5.35. The molecule has 0 aromatic rings. The van der Waals surface area contributed by atoms with Gasteiger partial charge in [-0.3, -0.25) is 5.32 Å². The normalized spacial score (nSPS) is 47.2. The summed E-state index contributed by atoms with van der Waals surface area (Å²) in [6.07, 6.45) is 3.56. The molecule has 1 N–H and O–H groups in total. The van der Waals surface area contributed by atoms with Crippen LogP contribution in [0.5, 0.6) is 0 Å². The van der Waals surface area contributed by atoms with E-state index in [2.05, 4.69) is 11.4 Å². The van der Waals surface area contributed by atoms with E-state index >= 15 is 0 Å². The van der Waals surface area contributed by atoms with E-state index in [0.717, 1.165) is 13.0 Å². The van der Waals surface area contributed by atoms with Gasteiger partial charge in [-0.1, -0.05) is 0 Å². The topological polar surface area (TPSA) is 35.8 Å². The average Bonchev–Trinajstić information content (AvgIpc) is 2.10. The molecule has 2 fully saturated rings. The van der Waals surface area contributed by atoms with E-state index in [9.17, 15) is 0 Å². The van der Waals surface area contributed by atoms with E-state index < -0.39 is 0 Å². The highest BCUT2D eigenvalue weighted by atomic mass is 15.0. The van der Waals surface area contributed by atoms with Gasteiger partial charge >= 0.3 is 0 Å². The molecule has 2 rings (SSSR count). The van der Waals surface area contributed by atoms with Crippen molar-refractivity contribution in [3.63, 3.8) is 0 Å². The first-order valence-electron chi connectivity index (χ1n) is 3.54. The monoisotopic (exact) mass is 122 g/mol. The molecule has 0 bridgehead atoms. The third kappa shape index (κ3) is 0.481. The molecule has 1 aliphatic carbocycles. The molecule has 0 aromatic heterocycles. The number of nitrogens with one attached hydrogen (secondary N) is 1. The van der Waals surface area contributed by atoms with Gasteiger partial charge in [0.1, 0.15) is 5.54 Å². The molecule has 0 radical (unpaired) electrons. The molecular weight excluding hydrogens is 112 g/mol. The third-order valence-corrected chi connectivity index (χ3v) is 2.72. The molecule has 2 atom stereocenters. The molecule has 0 spiro atoms. The highest BCUT2D eigenvalue weighted by Gasteiger charge is 2.50. The predicted molar refractivity (Wildman–Crippen MR) is 33.7 cm³/mol. The van der Waals surface area contributed by atoms with Crippen LogP contribution in [0.4, 0.5) is 0 Å². The van der Waals surface area contributed by atoms with Crippen molar-refractivity contribution in [3.05, 3.63) is 0 Å². The fraction of sp³-hybridized carbons (Fsp3) is 0.857. The molecule has 1 saturated carbocycles. The summed E-state index contributed by atoms with van der Waals surface area (Å²) in [5, 5.41) is 12.0. The quantitative estimate of drug-likeness (QED) is 0.512. The molecular formula is C7H10N2. The van der Waals surface area contributed by atoms with Crippen molar-refractivity contribution in [1.29, 1.82) is 5.26 Å². The van der Waals surface area contributed by atoms with Crippen LogP contribution in [0.3, 0.4) is 0 Å². The van der Waals surface area contributed by atoms with Crippen molar-refractivity contribution in [1.82, 2.24) is 5.32 Å². The molecule has 9 heavy (non-hydrogen) atoms. The smallest absolute Gasteiger partial charge is 0.109 e.